The second kappa shape index (κ2) is 5.71. The summed E-state index contributed by atoms with van der Waals surface area (Å²) in [6.45, 7) is 7.08. The van der Waals surface area contributed by atoms with Crippen LogP contribution in [0.5, 0.6) is 0 Å². The molecule has 0 spiro atoms. The molecule has 3 rings (SSSR count). The van der Waals surface area contributed by atoms with Crippen LogP contribution in [0.25, 0.3) is 0 Å². The lowest BCUT2D eigenvalue weighted by atomic mass is 9.90. The zero-order chi connectivity index (χ0) is 13.4. The molecule has 2 aliphatic heterocycles. The summed E-state index contributed by atoms with van der Waals surface area (Å²) in [5, 5.41) is 10.3. The Morgan fingerprint density at radius 3 is 2.42 bits per heavy atom. The van der Waals surface area contributed by atoms with E-state index in [0.717, 1.165) is 18.5 Å². The third-order valence-corrected chi connectivity index (χ3v) is 5.63. The first kappa shape index (κ1) is 13.8. The van der Waals surface area contributed by atoms with Gasteiger partial charge in [0.25, 0.3) is 0 Å². The standard InChI is InChI=1S/C16H30N2O/c1-12(2)18-13-7-8-14(18)11-17(10-9-13)15-5-3-4-6-16(15)19/h12-16,19H,3-11H2,1-2H3. The zero-order valence-corrected chi connectivity index (χ0v) is 12.6. The van der Waals surface area contributed by atoms with Crippen molar-refractivity contribution in [2.24, 2.45) is 0 Å². The Balaban J connectivity index is 1.69. The maximum absolute atomic E-state index is 10.3. The van der Waals surface area contributed by atoms with Gasteiger partial charge in [0.2, 0.25) is 0 Å². The Hall–Kier alpha value is -0.120. The highest BCUT2D eigenvalue weighted by molar-refractivity contribution is 4.97. The Kier molecular flexibility index (Phi) is 4.16. The summed E-state index contributed by atoms with van der Waals surface area (Å²) in [4.78, 5) is 5.39. The molecule has 2 saturated heterocycles. The smallest absolute Gasteiger partial charge is 0.0695 e. The quantitative estimate of drug-likeness (QED) is 0.830. The topological polar surface area (TPSA) is 26.7 Å². The van der Waals surface area contributed by atoms with Crippen LogP contribution in [0.2, 0.25) is 0 Å². The Bertz CT molecular complexity index is 307. The molecule has 0 aromatic carbocycles. The van der Waals surface area contributed by atoms with Crippen LogP contribution in [-0.2, 0) is 0 Å². The van der Waals surface area contributed by atoms with Crippen molar-refractivity contribution in [3.63, 3.8) is 0 Å². The van der Waals surface area contributed by atoms with Crippen molar-refractivity contribution >= 4 is 0 Å². The van der Waals surface area contributed by atoms with E-state index in [4.69, 9.17) is 0 Å². The van der Waals surface area contributed by atoms with Crippen LogP contribution in [0.15, 0.2) is 0 Å². The van der Waals surface area contributed by atoms with Gasteiger partial charge in [0.15, 0.2) is 0 Å². The van der Waals surface area contributed by atoms with E-state index >= 15 is 0 Å². The number of aliphatic hydroxyl groups is 1. The van der Waals surface area contributed by atoms with Gasteiger partial charge in [-0.15, -0.1) is 0 Å². The maximum Gasteiger partial charge on any atom is 0.0695 e. The lowest BCUT2D eigenvalue weighted by molar-refractivity contribution is 0.0146. The van der Waals surface area contributed by atoms with E-state index < -0.39 is 0 Å². The summed E-state index contributed by atoms with van der Waals surface area (Å²) >= 11 is 0. The number of nitrogens with zero attached hydrogens (tertiary/aromatic N) is 2. The number of rotatable bonds is 2. The molecule has 3 nitrogen and oxygen atoms in total. The fraction of sp³-hybridized carbons (Fsp3) is 1.00. The highest BCUT2D eigenvalue weighted by Gasteiger charge is 2.41. The van der Waals surface area contributed by atoms with Crippen molar-refractivity contribution < 1.29 is 5.11 Å². The van der Waals surface area contributed by atoms with E-state index in [2.05, 4.69) is 23.6 Å². The summed E-state index contributed by atoms with van der Waals surface area (Å²) < 4.78 is 0. The molecular formula is C16H30N2O. The van der Waals surface area contributed by atoms with E-state index in [0.29, 0.717) is 12.1 Å². The average molecular weight is 266 g/mol. The zero-order valence-electron chi connectivity index (χ0n) is 12.6. The molecule has 2 bridgehead atoms. The Morgan fingerprint density at radius 2 is 1.68 bits per heavy atom. The molecule has 1 N–H and O–H groups in total. The van der Waals surface area contributed by atoms with Crippen molar-refractivity contribution in [2.75, 3.05) is 13.1 Å². The summed E-state index contributed by atoms with van der Waals surface area (Å²) in [6, 6.07) is 2.66. The number of likely N-dealkylation sites (tertiary alicyclic amines) is 1. The molecule has 2 heterocycles. The molecule has 4 unspecified atom stereocenters. The first-order valence-corrected chi connectivity index (χ1v) is 8.36. The normalized spacial score (nSPS) is 41.7. The molecule has 0 radical (unpaired) electrons. The predicted molar refractivity (Wildman–Crippen MR) is 78.2 cm³/mol. The summed E-state index contributed by atoms with van der Waals surface area (Å²) in [5.41, 5.74) is 0. The number of fused-ring (bicyclic) bond motifs is 2. The van der Waals surface area contributed by atoms with Gasteiger partial charge in [0.05, 0.1) is 6.10 Å². The highest BCUT2D eigenvalue weighted by Crippen LogP contribution is 2.34. The van der Waals surface area contributed by atoms with E-state index in [1.807, 2.05) is 0 Å². The molecule has 4 atom stereocenters. The van der Waals surface area contributed by atoms with Crippen molar-refractivity contribution in [2.45, 2.75) is 89.1 Å². The maximum atomic E-state index is 10.3. The van der Waals surface area contributed by atoms with Crippen molar-refractivity contribution in [1.82, 2.24) is 9.80 Å². The number of aliphatic hydroxyl groups excluding tert-OH is 1. The molecule has 1 aliphatic carbocycles. The van der Waals surface area contributed by atoms with Crippen LogP contribution < -0.4 is 0 Å². The van der Waals surface area contributed by atoms with Gasteiger partial charge < -0.3 is 5.11 Å². The predicted octanol–water partition coefficient (Wildman–Crippen LogP) is 2.24. The lowest BCUT2D eigenvalue weighted by Crippen LogP contribution is -2.49. The van der Waals surface area contributed by atoms with Gasteiger partial charge in [0, 0.05) is 37.3 Å². The highest BCUT2D eigenvalue weighted by atomic mass is 16.3. The van der Waals surface area contributed by atoms with Crippen LogP contribution >= 0.6 is 0 Å². The molecule has 0 amide bonds. The van der Waals surface area contributed by atoms with Gasteiger partial charge in [-0.05, 0) is 46.0 Å². The van der Waals surface area contributed by atoms with E-state index in [-0.39, 0.29) is 6.10 Å². The molecule has 3 fully saturated rings. The SMILES string of the molecule is CC(C)N1C2CCC1CN(C1CCCCC1O)CC2. The van der Waals surface area contributed by atoms with Crippen LogP contribution in [0.1, 0.15) is 58.8 Å². The van der Waals surface area contributed by atoms with E-state index in [1.54, 1.807) is 0 Å². The third kappa shape index (κ3) is 2.70. The van der Waals surface area contributed by atoms with Gasteiger partial charge in [0.1, 0.15) is 0 Å². The molecule has 19 heavy (non-hydrogen) atoms. The minimum atomic E-state index is -0.0714. The van der Waals surface area contributed by atoms with Gasteiger partial charge >= 0.3 is 0 Å². The summed E-state index contributed by atoms with van der Waals surface area (Å²) in [7, 11) is 0. The van der Waals surface area contributed by atoms with Crippen molar-refractivity contribution in [3.8, 4) is 0 Å². The monoisotopic (exact) mass is 266 g/mol. The second-order valence-corrected chi connectivity index (χ2v) is 7.13. The summed E-state index contributed by atoms with van der Waals surface area (Å²) in [5.74, 6) is 0. The van der Waals surface area contributed by atoms with Gasteiger partial charge in [-0.25, -0.2) is 0 Å². The van der Waals surface area contributed by atoms with Crippen LogP contribution in [0.3, 0.4) is 0 Å². The fourth-order valence-corrected chi connectivity index (χ4v) is 4.80. The van der Waals surface area contributed by atoms with Crippen molar-refractivity contribution in [3.05, 3.63) is 0 Å². The Morgan fingerprint density at radius 1 is 0.947 bits per heavy atom. The molecular weight excluding hydrogens is 236 g/mol. The van der Waals surface area contributed by atoms with Crippen LogP contribution in [0.4, 0.5) is 0 Å². The van der Waals surface area contributed by atoms with Crippen LogP contribution in [-0.4, -0.2) is 58.3 Å². The summed E-state index contributed by atoms with van der Waals surface area (Å²) in [6.07, 6.45) is 8.74. The molecule has 0 aromatic rings. The fourth-order valence-electron chi connectivity index (χ4n) is 4.80. The Labute approximate surface area is 118 Å². The molecule has 1 saturated carbocycles. The average Bonchev–Trinajstić information content (AvgIpc) is 2.66. The second-order valence-electron chi connectivity index (χ2n) is 7.13. The molecule has 3 heteroatoms. The largest absolute Gasteiger partial charge is 0.391 e. The van der Waals surface area contributed by atoms with Crippen LogP contribution in [0, 0.1) is 0 Å². The third-order valence-electron chi connectivity index (χ3n) is 5.63. The first-order chi connectivity index (χ1) is 9.16. The molecule has 3 aliphatic rings. The van der Waals surface area contributed by atoms with Crippen molar-refractivity contribution in [1.29, 1.82) is 0 Å². The molecule has 110 valence electrons. The number of hydrogen-bond donors (Lipinski definition) is 1. The first-order valence-electron chi connectivity index (χ1n) is 8.36. The molecule has 0 aromatic heterocycles. The van der Waals surface area contributed by atoms with E-state index in [1.165, 1.54) is 51.6 Å². The number of hydrogen-bond acceptors (Lipinski definition) is 3. The minimum Gasteiger partial charge on any atom is -0.391 e. The van der Waals surface area contributed by atoms with E-state index in [9.17, 15) is 5.11 Å². The van der Waals surface area contributed by atoms with Gasteiger partial charge in [-0.3, -0.25) is 9.80 Å². The lowest BCUT2D eigenvalue weighted by Gasteiger charge is -2.39. The van der Waals surface area contributed by atoms with Gasteiger partial charge in [-0.2, -0.15) is 0 Å². The van der Waals surface area contributed by atoms with Gasteiger partial charge in [-0.1, -0.05) is 12.8 Å². The minimum absolute atomic E-state index is 0.0714.